The largest absolute Gasteiger partial charge is 0.478 e. The molecule has 0 bridgehead atoms. The molecule has 4 rings (SSSR count). The zero-order valence-corrected chi connectivity index (χ0v) is 15.5. The van der Waals surface area contributed by atoms with Gasteiger partial charge in [-0.3, -0.25) is 0 Å². The van der Waals surface area contributed by atoms with Gasteiger partial charge in [-0.1, -0.05) is 54.6 Å². The van der Waals surface area contributed by atoms with Gasteiger partial charge in [-0.2, -0.15) is 0 Å². The molecule has 5 nitrogen and oxygen atoms in total. The SMILES string of the molecule is Cc1cc(C(=O)O)c2nc(-c3ccc(-c4ccccc4)cc3)n(CCO)c2c1. The molecule has 0 aliphatic carbocycles. The van der Waals surface area contributed by atoms with Crippen LogP contribution in [-0.2, 0) is 6.54 Å². The Labute approximate surface area is 162 Å². The Hall–Kier alpha value is -3.44. The van der Waals surface area contributed by atoms with Crippen LogP contribution in [0, 0.1) is 6.92 Å². The zero-order chi connectivity index (χ0) is 19.7. The molecule has 0 saturated carbocycles. The van der Waals surface area contributed by atoms with Crippen molar-refractivity contribution in [1.29, 1.82) is 0 Å². The lowest BCUT2D eigenvalue weighted by Crippen LogP contribution is -2.04. The van der Waals surface area contributed by atoms with E-state index in [1.165, 1.54) is 0 Å². The minimum absolute atomic E-state index is 0.0586. The van der Waals surface area contributed by atoms with Gasteiger partial charge in [-0.05, 0) is 35.7 Å². The van der Waals surface area contributed by atoms with E-state index >= 15 is 0 Å². The fraction of sp³-hybridized carbons (Fsp3) is 0.130. The first-order valence-corrected chi connectivity index (χ1v) is 9.09. The maximum Gasteiger partial charge on any atom is 0.337 e. The number of carbonyl (C=O) groups is 1. The van der Waals surface area contributed by atoms with Gasteiger partial charge < -0.3 is 14.8 Å². The summed E-state index contributed by atoms with van der Waals surface area (Å²) in [7, 11) is 0. The fourth-order valence-corrected chi connectivity index (χ4v) is 3.52. The summed E-state index contributed by atoms with van der Waals surface area (Å²) in [6.07, 6.45) is 0. The second-order valence-electron chi connectivity index (χ2n) is 6.74. The molecule has 0 aliphatic rings. The molecule has 0 atom stereocenters. The molecule has 0 radical (unpaired) electrons. The molecule has 5 heteroatoms. The van der Waals surface area contributed by atoms with Gasteiger partial charge in [0.1, 0.15) is 11.3 Å². The summed E-state index contributed by atoms with van der Waals surface area (Å²) in [6.45, 7) is 2.14. The molecule has 1 heterocycles. The van der Waals surface area contributed by atoms with E-state index in [0.29, 0.717) is 23.4 Å². The van der Waals surface area contributed by atoms with Gasteiger partial charge in [-0.25, -0.2) is 9.78 Å². The first kappa shape index (κ1) is 17.9. The van der Waals surface area contributed by atoms with Crippen LogP contribution < -0.4 is 0 Å². The third-order valence-electron chi connectivity index (χ3n) is 4.80. The minimum atomic E-state index is -1.01. The smallest absolute Gasteiger partial charge is 0.337 e. The van der Waals surface area contributed by atoms with Crippen LogP contribution in [0.1, 0.15) is 15.9 Å². The molecule has 0 fully saturated rings. The van der Waals surface area contributed by atoms with Crippen LogP contribution in [0.2, 0.25) is 0 Å². The van der Waals surface area contributed by atoms with Gasteiger partial charge in [0.05, 0.1) is 17.7 Å². The molecule has 0 saturated heterocycles. The number of aliphatic hydroxyl groups excluding tert-OH is 1. The molecular weight excluding hydrogens is 352 g/mol. The normalized spacial score (nSPS) is 11.1. The summed E-state index contributed by atoms with van der Waals surface area (Å²) in [5.74, 6) is -0.356. The molecular formula is C23H20N2O3. The molecule has 1 aromatic heterocycles. The number of carboxylic acid groups (broad SMARTS) is 1. The van der Waals surface area contributed by atoms with Crippen LogP contribution >= 0.6 is 0 Å². The van der Waals surface area contributed by atoms with Crippen molar-refractivity contribution < 1.29 is 15.0 Å². The molecule has 4 aromatic rings. The molecule has 0 amide bonds. The number of aromatic nitrogens is 2. The summed E-state index contributed by atoms with van der Waals surface area (Å²) in [6, 6.07) is 21.6. The third kappa shape index (κ3) is 3.17. The number of hydrogen-bond acceptors (Lipinski definition) is 3. The van der Waals surface area contributed by atoms with Crippen molar-refractivity contribution >= 4 is 17.0 Å². The molecule has 28 heavy (non-hydrogen) atoms. The summed E-state index contributed by atoms with van der Waals surface area (Å²) < 4.78 is 1.88. The summed E-state index contributed by atoms with van der Waals surface area (Å²) in [5, 5.41) is 19.1. The molecule has 140 valence electrons. The number of rotatable bonds is 5. The summed E-state index contributed by atoms with van der Waals surface area (Å²) >= 11 is 0. The number of aliphatic hydroxyl groups is 1. The Balaban J connectivity index is 1.87. The van der Waals surface area contributed by atoms with E-state index in [-0.39, 0.29) is 12.2 Å². The number of fused-ring (bicyclic) bond motifs is 1. The summed E-state index contributed by atoms with van der Waals surface area (Å²) in [5.41, 5.74) is 5.27. The average molecular weight is 372 g/mol. The van der Waals surface area contributed by atoms with Gasteiger partial charge in [0.15, 0.2) is 0 Å². The second-order valence-corrected chi connectivity index (χ2v) is 6.74. The monoisotopic (exact) mass is 372 g/mol. The number of benzene rings is 3. The Kier molecular flexibility index (Phi) is 4.67. The second kappa shape index (κ2) is 7.29. The van der Waals surface area contributed by atoms with Gasteiger partial charge in [0.25, 0.3) is 0 Å². The van der Waals surface area contributed by atoms with Gasteiger partial charge >= 0.3 is 5.97 Å². The Morgan fingerprint density at radius 2 is 1.61 bits per heavy atom. The predicted molar refractivity (Wildman–Crippen MR) is 109 cm³/mol. The fourth-order valence-electron chi connectivity index (χ4n) is 3.52. The average Bonchev–Trinajstić information content (AvgIpc) is 3.06. The first-order valence-electron chi connectivity index (χ1n) is 9.09. The quantitative estimate of drug-likeness (QED) is 0.545. The van der Waals surface area contributed by atoms with Gasteiger partial charge in [-0.15, -0.1) is 0 Å². The number of carboxylic acids is 1. The van der Waals surface area contributed by atoms with Crippen molar-refractivity contribution in [1.82, 2.24) is 9.55 Å². The maximum absolute atomic E-state index is 11.7. The Morgan fingerprint density at radius 1 is 0.964 bits per heavy atom. The Morgan fingerprint density at radius 3 is 2.25 bits per heavy atom. The van der Waals surface area contributed by atoms with Crippen molar-refractivity contribution in [2.45, 2.75) is 13.5 Å². The molecule has 0 unspecified atom stereocenters. The van der Waals surface area contributed by atoms with Crippen molar-refractivity contribution in [2.75, 3.05) is 6.61 Å². The standard InChI is InChI=1S/C23H20N2O3/c1-15-13-19(23(27)28)21-20(14-15)25(11-12-26)22(24-21)18-9-7-17(8-10-18)16-5-3-2-4-6-16/h2-10,13-14,26H,11-12H2,1H3,(H,27,28). The van der Waals surface area contributed by atoms with Crippen LogP contribution in [0.3, 0.4) is 0 Å². The van der Waals surface area contributed by atoms with Crippen molar-refractivity contribution in [3.63, 3.8) is 0 Å². The number of nitrogens with zero attached hydrogens (tertiary/aromatic N) is 2. The highest BCUT2D eigenvalue weighted by molar-refractivity contribution is 6.02. The topological polar surface area (TPSA) is 75.3 Å². The van der Waals surface area contributed by atoms with Gasteiger partial charge in [0.2, 0.25) is 0 Å². The summed E-state index contributed by atoms with van der Waals surface area (Å²) in [4.78, 5) is 16.3. The number of aryl methyl sites for hydroxylation is 1. The van der Waals surface area contributed by atoms with Crippen LogP contribution in [0.25, 0.3) is 33.5 Å². The van der Waals surface area contributed by atoms with Crippen molar-refractivity contribution in [3.05, 3.63) is 77.9 Å². The van der Waals surface area contributed by atoms with E-state index in [1.807, 2.05) is 60.0 Å². The predicted octanol–water partition coefficient (Wildman–Crippen LogP) is 4.37. The van der Waals surface area contributed by atoms with Crippen LogP contribution in [0.5, 0.6) is 0 Å². The van der Waals surface area contributed by atoms with E-state index in [4.69, 9.17) is 0 Å². The lowest BCUT2D eigenvalue weighted by molar-refractivity contribution is 0.0698. The van der Waals surface area contributed by atoms with E-state index in [9.17, 15) is 15.0 Å². The first-order chi connectivity index (χ1) is 13.6. The highest BCUT2D eigenvalue weighted by Gasteiger charge is 2.19. The van der Waals surface area contributed by atoms with Crippen molar-refractivity contribution in [2.24, 2.45) is 0 Å². The zero-order valence-electron chi connectivity index (χ0n) is 15.5. The molecule has 0 spiro atoms. The maximum atomic E-state index is 11.7. The lowest BCUT2D eigenvalue weighted by Gasteiger charge is -2.09. The number of hydrogen-bond donors (Lipinski definition) is 2. The minimum Gasteiger partial charge on any atom is -0.478 e. The van der Waals surface area contributed by atoms with E-state index in [2.05, 4.69) is 17.1 Å². The molecule has 2 N–H and O–H groups in total. The molecule has 3 aromatic carbocycles. The van der Waals surface area contributed by atoms with Crippen LogP contribution in [-0.4, -0.2) is 32.3 Å². The van der Waals surface area contributed by atoms with Crippen LogP contribution in [0.4, 0.5) is 0 Å². The molecule has 0 aliphatic heterocycles. The van der Waals surface area contributed by atoms with E-state index in [1.54, 1.807) is 6.07 Å². The highest BCUT2D eigenvalue weighted by Crippen LogP contribution is 2.30. The van der Waals surface area contributed by atoms with Crippen molar-refractivity contribution in [3.8, 4) is 22.5 Å². The van der Waals surface area contributed by atoms with Gasteiger partial charge in [0, 0.05) is 12.1 Å². The lowest BCUT2D eigenvalue weighted by atomic mass is 10.0. The van der Waals surface area contributed by atoms with Crippen LogP contribution in [0.15, 0.2) is 66.7 Å². The Bertz CT molecular complexity index is 1150. The third-order valence-corrected chi connectivity index (χ3v) is 4.80. The van der Waals surface area contributed by atoms with E-state index < -0.39 is 5.97 Å². The number of imidazole rings is 1. The van der Waals surface area contributed by atoms with E-state index in [0.717, 1.165) is 22.3 Å². The number of aromatic carboxylic acids is 1. The highest BCUT2D eigenvalue weighted by atomic mass is 16.4.